The Morgan fingerprint density at radius 1 is 1.27 bits per heavy atom. The molecular formula is C17H26ClN5O3. The normalized spacial score (nSPS) is 15.8. The molecule has 0 aromatic carbocycles. The van der Waals surface area contributed by atoms with Crippen molar-refractivity contribution in [2.24, 2.45) is 10.7 Å². The second-order valence-electron chi connectivity index (χ2n) is 6.86. The summed E-state index contributed by atoms with van der Waals surface area (Å²) in [6, 6.07) is 3.41. The number of aliphatic imine (C=N–C) groups is 1. The van der Waals surface area contributed by atoms with Gasteiger partial charge in [0.05, 0.1) is 11.6 Å². The molecule has 1 amide bonds. The highest BCUT2D eigenvalue weighted by atomic mass is 35.5. The molecule has 0 spiro atoms. The Kier molecular flexibility index (Phi) is 6.90. The summed E-state index contributed by atoms with van der Waals surface area (Å²) < 4.78 is 10.9. The van der Waals surface area contributed by atoms with Crippen molar-refractivity contribution in [3.63, 3.8) is 0 Å². The van der Waals surface area contributed by atoms with E-state index < -0.39 is 5.60 Å². The molecule has 0 aliphatic carbocycles. The molecular weight excluding hydrogens is 358 g/mol. The van der Waals surface area contributed by atoms with Crippen LogP contribution in [-0.2, 0) is 4.74 Å². The van der Waals surface area contributed by atoms with E-state index in [2.05, 4.69) is 9.98 Å². The van der Waals surface area contributed by atoms with Gasteiger partial charge in [-0.3, -0.25) is 0 Å². The molecule has 9 heteroatoms. The second-order valence-corrected chi connectivity index (χ2v) is 7.29. The first-order chi connectivity index (χ1) is 12.2. The van der Waals surface area contributed by atoms with Crippen molar-refractivity contribution >= 4 is 23.7 Å². The quantitative estimate of drug-likeness (QED) is 0.485. The summed E-state index contributed by atoms with van der Waals surface area (Å²) in [7, 11) is 0. The van der Waals surface area contributed by atoms with E-state index >= 15 is 0 Å². The molecule has 0 atom stereocenters. The van der Waals surface area contributed by atoms with Crippen LogP contribution in [0.15, 0.2) is 23.3 Å². The van der Waals surface area contributed by atoms with Gasteiger partial charge in [-0.15, -0.1) is 0 Å². The topological polar surface area (TPSA) is 93.3 Å². The zero-order valence-electron chi connectivity index (χ0n) is 15.4. The molecule has 26 heavy (non-hydrogen) atoms. The van der Waals surface area contributed by atoms with Crippen LogP contribution in [0.1, 0.15) is 20.8 Å². The van der Waals surface area contributed by atoms with Crippen LogP contribution in [0.4, 0.5) is 4.79 Å². The number of hydrogen-bond acceptors (Lipinski definition) is 5. The van der Waals surface area contributed by atoms with E-state index in [1.54, 1.807) is 17.0 Å². The number of amides is 1. The van der Waals surface area contributed by atoms with Crippen LogP contribution in [0.3, 0.4) is 0 Å². The second kappa shape index (κ2) is 8.93. The van der Waals surface area contributed by atoms with Crippen LogP contribution in [0, 0.1) is 0 Å². The number of ether oxygens (including phenoxy) is 2. The Morgan fingerprint density at radius 2 is 1.92 bits per heavy atom. The standard InChI is InChI=1S/C17H26ClN5O3/c1-17(2,3)26-16(24)23-9-7-22(8-10-23)15(19)20-6-11-25-14-5-4-13(18)12-21-14/h4-5,12H,6-11H2,1-3H3,(H2,19,20). The number of halogens is 1. The van der Waals surface area contributed by atoms with Gasteiger partial charge in [0.1, 0.15) is 12.2 Å². The van der Waals surface area contributed by atoms with Crippen LogP contribution in [-0.4, -0.2) is 71.8 Å². The maximum absolute atomic E-state index is 12.0. The van der Waals surface area contributed by atoms with Gasteiger partial charge >= 0.3 is 6.09 Å². The Hall–Kier alpha value is -2.22. The van der Waals surface area contributed by atoms with Crippen LogP contribution >= 0.6 is 11.6 Å². The van der Waals surface area contributed by atoms with E-state index in [0.29, 0.717) is 56.2 Å². The first kappa shape index (κ1) is 20.1. The van der Waals surface area contributed by atoms with Gasteiger partial charge in [0, 0.05) is 38.4 Å². The van der Waals surface area contributed by atoms with E-state index in [-0.39, 0.29) is 6.09 Å². The number of nitrogens with two attached hydrogens (primary N) is 1. The molecule has 1 fully saturated rings. The molecule has 2 rings (SSSR count). The van der Waals surface area contributed by atoms with Gasteiger partial charge in [0.15, 0.2) is 5.96 Å². The number of aromatic nitrogens is 1. The van der Waals surface area contributed by atoms with Crippen molar-refractivity contribution in [3.05, 3.63) is 23.4 Å². The van der Waals surface area contributed by atoms with Gasteiger partial charge in [0.2, 0.25) is 5.88 Å². The third kappa shape index (κ3) is 6.59. The van der Waals surface area contributed by atoms with Crippen molar-refractivity contribution < 1.29 is 14.3 Å². The summed E-state index contributed by atoms with van der Waals surface area (Å²) in [4.78, 5) is 24.0. The van der Waals surface area contributed by atoms with Gasteiger partial charge in [-0.2, -0.15) is 0 Å². The zero-order chi connectivity index (χ0) is 19.2. The third-order valence-electron chi connectivity index (χ3n) is 3.57. The predicted octanol–water partition coefficient (Wildman–Crippen LogP) is 1.98. The third-order valence-corrected chi connectivity index (χ3v) is 3.79. The zero-order valence-corrected chi connectivity index (χ0v) is 16.2. The molecule has 0 saturated carbocycles. The maximum Gasteiger partial charge on any atom is 0.410 e. The van der Waals surface area contributed by atoms with Gasteiger partial charge < -0.3 is 25.0 Å². The minimum absolute atomic E-state index is 0.295. The van der Waals surface area contributed by atoms with E-state index in [1.165, 1.54) is 6.20 Å². The van der Waals surface area contributed by atoms with E-state index in [1.807, 2.05) is 25.7 Å². The number of carbonyl (C=O) groups is 1. The lowest BCUT2D eigenvalue weighted by atomic mass is 10.2. The molecule has 0 bridgehead atoms. The Morgan fingerprint density at radius 3 is 2.50 bits per heavy atom. The molecule has 0 unspecified atom stereocenters. The smallest absolute Gasteiger partial charge is 0.410 e. The lowest BCUT2D eigenvalue weighted by molar-refractivity contribution is 0.0186. The molecule has 8 nitrogen and oxygen atoms in total. The summed E-state index contributed by atoms with van der Waals surface area (Å²) >= 11 is 5.77. The fourth-order valence-corrected chi connectivity index (χ4v) is 2.41. The van der Waals surface area contributed by atoms with Crippen molar-refractivity contribution in [1.82, 2.24) is 14.8 Å². The van der Waals surface area contributed by atoms with Crippen LogP contribution < -0.4 is 10.5 Å². The fourth-order valence-electron chi connectivity index (χ4n) is 2.30. The summed E-state index contributed by atoms with van der Waals surface area (Å²) in [6.45, 7) is 8.69. The number of rotatable bonds is 4. The highest BCUT2D eigenvalue weighted by Gasteiger charge is 2.26. The average molecular weight is 384 g/mol. The lowest BCUT2D eigenvalue weighted by Gasteiger charge is -2.36. The highest BCUT2D eigenvalue weighted by molar-refractivity contribution is 6.30. The number of piperazine rings is 1. The number of guanidine groups is 1. The van der Waals surface area contributed by atoms with Gasteiger partial charge in [0.25, 0.3) is 0 Å². The van der Waals surface area contributed by atoms with Crippen molar-refractivity contribution in [1.29, 1.82) is 0 Å². The van der Waals surface area contributed by atoms with Gasteiger partial charge in [-0.1, -0.05) is 11.6 Å². The van der Waals surface area contributed by atoms with E-state index in [0.717, 1.165) is 0 Å². The monoisotopic (exact) mass is 383 g/mol. The average Bonchev–Trinajstić information content (AvgIpc) is 2.59. The Bertz CT molecular complexity index is 622. The molecule has 2 heterocycles. The lowest BCUT2D eigenvalue weighted by Crippen LogP contribution is -2.53. The maximum atomic E-state index is 12.0. The largest absolute Gasteiger partial charge is 0.476 e. The first-order valence-corrected chi connectivity index (χ1v) is 8.89. The van der Waals surface area contributed by atoms with E-state index in [9.17, 15) is 4.79 Å². The SMILES string of the molecule is CC(C)(C)OC(=O)N1CCN(C(N)=NCCOc2ccc(Cl)cn2)CC1. The predicted molar refractivity (Wildman–Crippen MR) is 101 cm³/mol. The molecule has 1 aliphatic heterocycles. The molecule has 2 N–H and O–H groups in total. The molecule has 0 radical (unpaired) electrons. The molecule has 144 valence electrons. The van der Waals surface area contributed by atoms with Crippen LogP contribution in [0.5, 0.6) is 5.88 Å². The highest BCUT2D eigenvalue weighted by Crippen LogP contribution is 2.12. The van der Waals surface area contributed by atoms with Crippen molar-refractivity contribution in [3.8, 4) is 5.88 Å². The molecule has 1 aliphatic rings. The number of nitrogens with zero attached hydrogens (tertiary/aromatic N) is 4. The molecule has 1 aromatic heterocycles. The minimum atomic E-state index is -0.492. The summed E-state index contributed by atoms with van der Waals surface area (Å²) in [5.41, 5.74) is 5.53. The summed E-state index contributed by atoms with van der Waals surface area (Å²) in [5.74, 6) is 0.940. The summed E-state index contributed by atoms with van der Waals surface area (Å²) in [6.07, 6.45) is 1.23. The van der Waals surface area contributed by atoms with Crippen LogP contribution in [0.2, 0.25) is 5.02 Å². The Labute approximate surface area is 158 Å². The fraction of sp³-hybridized carbons (Fsp3) is 0.588. The van der Waals surface area contributed by atoms with Gasteiger partial charge in [-0.25, -0.2) is 14.8 Å². The van der Waals surface area contributed by atoms with Crippen molar-refractivity contribution in [2.75, 3.05) is 39.3 Å². The first-order valence-electron chi connectivity index (χ1n) is 8.52. The van der Waals surface area contributed by atoms with E-state index in [4.69, 9.17) is 26.8 Å². The molecule has 1 aromatic rings. The van der Waals surface area contributed by atoms with Crippen molar-refractivity contribution in [2.45, 2.75) is 26.4 Å². The summed E-state index contributed by atoms with van der Waals surface area (Å²) in [5, 5.41) is 0.560. The minimum Gasteiger partial charge on any atom is -0.476 e. The van der Waals surface area contributed by atoms with Gasteiger partial charge in [-0.05, 0) is 26.8 Å². The number of hydrogen-bond donors (Lipinski definition) is 1. The number of pyridine rings is 1. The molecule has 1 saturated heterocycles. The van der Waals surface area contributed by atoms with Crippen LogP contribution in [0.25, 0.3) is 0 Å². The number of carbonyl (C=O) groups excluding carboxylic acids is 1. The Balaban J connectivity index is 1.71.